The Bertz CT molecular complexity index is 2150. The molecule has 5 nitrogen and oxygen atoms in total. The van der Waals surface area contributed by atoms with Crippen molar-refractivity contribution in [2.45, 2.75) is 19.6 Å². The standard InChI is InChI=1S/C41H31N3O2.CH2Cl2/c45-40-38(34-27-42(24-29-14-4-1-5-15-29)36-22-12-10-20-32(34)36)39(41(46)44(40)26-31-18-8-3-9-19-31)35-28-43(25-30-16-6-2-7-17-30)37-23-13-11-21-33(35)37;2-1-3/h1-23,27-28H,24-26H2;1H2. The Kier molecular flexibility index (Phi) is 9.47. The number of amides is 2. The zero-order valence-electron chi connectivity index (χ0n) is 26.7. The Balaban J connectivity index is 0.00000122. The van der Waals surface area contributed by atoms with Gasteiger partial charge in [-0.25, -0.2) is 0 Å². The molecule has 2 amide bonds. The Hall–Kier alpha value is -5.36. The molecule has 0 radical (unpaired) electrons. The first-order valence-corrected chi connectivity index (χ1v) is 17.1. The quantitative estimate of drug-likeness (QED) is 0.118. The van der Waals surface area contributed by atoms with E-state index in [1.807, 2.05) is 116 Å². The smallest absolute Gasteiger partial charge is 0.262 e. The van der Waals surface area contributed by atoms with Gasteiger partial charge in [0.05, 0.1) is 23.0 Å². The lowest BCUT2D eigenvalue weighted by atomic mass is 9.95. The van der Waals surface area contributed by atoms with Gasteiger partial charge in [-0.1, -0.05) is 127 Å². The van der Waals surface area contributed by atoms with Crippen LogP contribution in [0, 0.1) is 0 Å². The molecule has 0 unspecified atom stereocenters. The number of aromatic nitrogens is 2. The zero-order chi connectivity index (χ0) is 33.7. The van der Waals surface area contributed by atoms with Crippen molar-refractivity contribution in [1.29, 1.82) is 0 Å². The number of halogens is 2. The minimum atomic E-state index is -0.272. The summed E-state index contributed by atoms with van der Waals surface area (Å²) in [5, 5.41) is 2.09. The molecule has 0 spiro atoms. The first-order valence-electron chi connectivity index (χ1n) is 16.1. The van der Waals surface area contributed by atoms with Crippen molar-refractivity contribution in [3.8, 4) is 0 Å². The minimum absolute atomic E-state index is 0.194. The molecule has 0 fully saturated rings. The number of hydrogen-bond donors (Lipinski definition) is 0. The topological polar surface area (TPSA) is 47.2 Å². The molecule has 49 heavy (non-hydrogen) atoms. The van der Waals surface area contributed by atoms with Crippen LogP contribution in [0.15, 0.2) is 152 Å². The lowest BCUT2D eigenvalue weighted by molar-refractivity contribution is -0.136. The van der Waals surface area contributed by atoms with Gasteiger partial charge in [0.1, 0.15) is 0 Å². The van der Waals surface area contributed by atoms with E-state index in [1.165, 1.54) is 4.90 Å². The summed E-state index contributed by atoms with van der Waals surface area (Å²) in [6.07, 6.45) is 4.10. The number of para-hydroxylation sites is 2. The van der Waals surface area contributed by atoms with Gasteiger partial charge in [-0.3, -0.25) is 14.5 Å². The summed E-state index contributed by atoms with van der Waals surface area (Å²) < 4.78 is 4.36. The Labute approximate surface area is 295 Å². The number of fused-ring (bicyclic) bond motifs is 2. The maximum absolute atomic E-state index is 14.6. The summed E-state index contributed by atoms with van der Waals surface area (Å²) in [4.78, 5) is 30.6. The fraction of sp³-hybridized carbons (Fsp3) is 0.0952. The third-order valence-electron chi connectivity index (χ3n) is 8.86. The summed E-state index contributed by atoms with van der Waals surface area (Å²) in [5.41, 5.74) is 7.70. The molecule has 1 aliphatic heterocycles. The summed E-state index contributed by atoms with van der Waals surface area (Å²) >= 11 is 9.53. The highest BCUT2D eigenvalue weighted by atomic mass is 35.5. The van der Waals surface area contributed by atoms with Crippen LogP contribution in [0.1, 0.15) is 27.8 Å². The zero-order valence-corrected chi connectivity index (χ0v) is 28.2. The van der Waals surface area contributed by atoms with Crippen molar-refractivity contribution in [3.05, 3.63) is 180 Å². The van der Waals surface area contributed by atoms with Crippen molar-refractivity contribution in [3.63, 3.8) is 0 Å². The molecule has 3 heterocycles. The summed E-state index contributed by atoms with van der Waals surface area (Å²) in [7, 11) is 0. The lowest BCUT2D eigenvalue weighted by Crippen LogP contribution is -2.30. The van der Waals surface area contributed by atoms with Crippen molar-refractivity contribution in [2.24, 2.45) is 0 Å². The number of hydrogen-bond acceptors (Lipinski definition) is 2. The van der Waals surface area contributed by atoms with Crippen LogP contribution in [0.2, 0.25) is 0 Å². The van der Waals surface area contributed by atoms with Gasteiger partial charge in [0, 0.05) is 58.4 Å². The molecule has 0 saturated carbocycles. The predicted octanol–water partition coefficient (Wildman–Crippen LogP) is 9.59. The van der Waals surface area contributed by atoms with E-state index in [4.69, 9.17) is 23.2 Å². The van der Waals surface area contributed by atoms with E-state index in [0.29, 0.717) is 24.2 Å². The highest BCUT2D eigenvalue weighted by Crippen LogP contribution is 2.42. The van der Waals surface area contributed by atoms with E-state index in [-0.39, 0.29) is 23.7 Å². The van der Waals surface area contributed by atoms with Crippen LogP contribution in [-0.2, 0) is 29.2 Å². The van der Waals surface area contributed by atoms with Gasteiger partial charge in [-0.2, -0.15) is 0 Å². The Morgan fingerprint density at radius 3 is 1.14 bits per heavy atom. The molecule has 0 aliphatic carbocycles. The number of alkyl halides is 2. The highest BCUT2D eigenvalue weighted by molar-refractivity contribution is 6.50. The van der Waals surface area contributed by atoms with Crippen LogP contribution in [0.25, 0.3) is 33.0 Å². The molecule has 242 valence electrons. The predicted molar refractivity (Wildman–Crippen MR) is 200 cm³/mol. The second kappa shape index (κ2) is 14.4. The first kappa shape index (κ1) is 32.2. The van der Waals surface area contributed by atoms with Gasteiger partial charge in [0.15, 0.2) is 0 Å². The molecule has 2 aromatic heterocycles. The number of benzene rings is 5. The van der Waals surface area contributed by atoms with Crippen LogP contribution in [0.4, 0.5) is 0 Å². The maximum Gasteiger partial charge on any atom is 0.262 e. The monoisotopic (exact) mass is 681 g/mol. The fourth-order valence-corrected chi connectivity index (χ4v) is 6.70. The molecule has 7 aromatic rings. The highest BCUT2D eigenvalue weighted by Gasteiger charge is 2.41. The minimum Gasteiger partial charge on any atom is -0.342 e. The molecule has 5 aromatic carbocycles. The molecule has 0 saturated heterocycles. The maximum atomic E-state index is 14.6. The second-order valence-electron chi connectivity index (χ2n) is 11.9. The molecule has 8 rings (SSSR count). The van der Waals surface area contributed by atoms with Crippen LogP contribution in [-0.4, -0.2) is 31.2 Å². The Morgan fingerprint density at radius 1 is 0.429 bits per heavy atom. The molecule has 1 aliphatic rings. The largest absolute Gasteiger partial charge is 0.342 e. The van der Waals surface area contributed by atoms with Crippen LogP contribution >= 0.6 is 23.2 Å². The van der Waals surface area contributed by atoms with E-state index in [2.05, 4.69) is 45.5 Å². The number of imide groups is 1. The Morgan fingerprint density at radius 2 is 0.755 bits per heavy atom. The number of carbonyl (C=O) groups is 2. The van der Waals surface area contributed by atoms with Crippen LogP contribution in [0.3, 0.4) is 0 Å². The molecule has 0 N–H and O–H groups in total. The number of rotatable bonds is 8. The van der Waals surface area contributed by atoms with Gasteiger partial charge in [-0.15, -0.1) is 23.2 Å². The van der Waals surface area contributed by atoms with Gasteiger partial charge in [0.2, 0.25) is 0 Å². The fourth-order valence-electron chi connectivity index (χ4n) is 6.70. The second-order valence-corrected chi connectivity index (χ2v) is 12.7. The van der Waals surface area contributed by atoms with Gasteiger partial charge in [0.25, 0.3) is 11.8 Å². The summed E-state index contributed by atoms with van der Waals surface area (Å²) in [6.45, 7) is 1.50. The van der Waals surface area contributed by atoms with Crippen molar-refractivity contribution < 1.29 is 9.59 Å². The molecular formula is C42H33Cl2N3O2. The molecule has 0 bridgehead atoms. The average molecular weight is 683 g/mol. The van der Waals surface area contributed by atoms with Crippen molar-refractivity contribution in [1.82, 2.24) is 14.0 Å². The van der Waals surface area contributed by atoms with E-state index < -0.39 is 0 Å². The first-order chi connectivity index (χ1) is 24.1. The van der Waals surface area contributed by atoms with E-state index in [9.17, 15) is 9.59 Å². The van der Waals surface area contributed by atoms with E-state index in [0.717, 1.165) is 49.6 Å². The van der Waals surface area contributed by atoms with Gasteiger partial charge >= 0.3 is 0 Å². The van der Waals surface area contributed by atoms with Crippen LogP contribution in [0.5, 0.6) is 0 Å². The van der Waals surface area contributed by atoms with Crippen molar-refractivity contribution >= 4 is 68.0 Å². The average Bonchev–Trinajstić information content (AvgIpc) is 3.75. The summed E-state index contributed by atoms with van der Waals surface area (Å²) in [5.74, 6) is -0.544. The van der Waals surface area contributed by atoms with E-state index >= 15 is 0 Å². The molecule has 0 atom stereocenters. The van der Waals surface area contributed by atoms with Gasteiger partial charge < -0.3 is 9.13 Å². The summed E-state index contributed by atoms with van der Waals surface area (Å²) in [6, 6.07) is 46.6. The number of carbonyl (C=O) groups excluding carboxylic acids is 2. The molecule has 7 heteroatoms. The lowest BCUT2D eigenvalue weighted by Gasteiger charge is -2.15. The number of nitrogens with zero attached hydrogens (tertiary/aromatic N) is 3. The third kappa shape index (κ3) is 6.43. The molecular weight excluding hydrogens is 649 g/mol. The normalized spacial score (nSPS) is 13.0. The third-order valence-corrected chi connectivity index (χ3v) is 8.86. The van der Waals surface area contributed by atoms with Crippen LogP contribution < -0.4 is 0 Å². The van der Waals surface area contributed by atoms with E-state index in [1.54, 1.807) is 0 Å². The van der Waals surface area contributed by atoms with Gasteiger partial charge in [-0.05, 0) is 28.8 Å². The SMILES string of the molecule is ClCCl.O=C1C(c2cn(Cc3ccccc3)c3ccccc23)=C(c2cn(Cc3ccccc3)c3ccccc23)C(=O)N1Cc1ccccc1. The van der Waals surface area contributed by atoms with Crippen molar-refractivity contribution in [2.75, 3.05) is 5.34 Å².